The molecule has 2 aliphatic heterocycles. The Kier molecular flexibility index (Phi) is 5.96. The maximum absolute atomic E-state index is 13.4. The number of morpholine rings is 1. The number of fused-ring (bicyclic) bond motifs is 2. The minimum Gasteiger partial charge on any atom is -0.374 e. The van der Waals surface area contributed by atoms with Crippen LogP contribution in [0.2, 0.25) is 0 Å². The van der Waals surface area contributed by atoms with Gasteiger partial charge in [0.1, 0.15) is 11.6 Å². The summed E-state index contributed by atoms with van der Waals surface area (Å²) in [5.74, 6) is 0.848. The van der Waals surface area contributed by atoms with Gasteiger partial charge in [0.2, 0.25) is 5.95 Å². The Bertz CT molecular complexity index is 1230. The summed E-state index contributed by atoms with van der Waals surface area (Å²) in [4.78, 5) is 28.9. The zero-order valence-electron chi connectivity index (χ0n) is 18.7. The quantitative estimate of drug-likeness (QED) is 0.583. The number of aromatic amines is 1. The molecule has 0 aliphatic carbocycles. The van der Waals surface area contributed by atoms with Crippen molar-refractivity contribution in [2.24, 2.45) is 0 Å². The van der Waals surface area contributed by atoms with E-state index in [-0.39, 0.29) is 24.0 Å². The number of benzene rings is 1. The highest BCUT2D eigenvalue weighted by Crippen LogP contribution is 2.28. The highest BCUT2D eigenvalue weighted by atomic mass is 19.1. The number of nitrogens with one attached hydrogen (secondary N) is 2. The van der Waals surface area contributed by atoms with Crippen molar-refractivity contribution in [2.75, 3.05) is 50.6 Å². The Morgan fingerprint density at radius 3 is 3.03 bits per heavy atom. The van der Waals surface area contributed by atoms with E-state index in [0.29, 0.717) is 36.8 Å². The number of hydrogen-bond acceptors (Lipinski definition) is 8. The second-order valence-corrected chi connectivity index (χ2v) is 8.63. The molecule has 33 heavy (non-hydrogen) atoms. The Labute approximate surface area is 190 Å². The second kappa shape index (κ2) is 9.05. The lowest BCUT2D eigenvalue weighted by molar-refractivity contribution is -0.0143. The third kappa shape index (κ3) is 4.68. The molecule has 174 valence electrons. The van der Waals surface area contributed by atoms with E-state index in [1.807, 2.05) is 7.05 Å². The smallest absolute Gasteiger partial charge is 0.253 e. The van der Waals surface area contributed by atoms with Crippen molar-refractivity contribution in [2.45, 2.75) is 25.9 Å². The van der Waals surface area contributed by atoms with Crippen molar-refractivity contribution in [3.8, 4) is 0 Å². The van der Waals surface area contributed by atoms with Crippen LogP contribution in [0.25, 0.3) is 10.9 Å². The molecule has 10 heteroatoms. The van der Waals surface area contributed by atoms with Crippen molar-refractivity contribution in [1.82, 2.24) is 19.9 Å². The number of ether oxygens (including phenoxy) is 2. The number of likely N-dealkylation sites (N-methyl/N-ethyl adjacent to an activating group) is 2. The zero-order chi connectivity index (χ0) is 22.9. The second-order valence-electron chi connectivity index (χ2n) is 8.63. The molecule has 1 atom stereocenters. The molecule has 1 unspecified atom stereocenters. The van der Waals surface area contributed by atoms with Gasteiger partial charge >= 0.3 is 0 Å². The van der Waals surface area contributed by atoms with Gasteiger partial charge in [0.25, 0.3) is 5.56 Å². The van der Waals surface area contributed by atoms with Gasteiger partial charge in [0.05, 0.1) is 37.1 Å². The molecule has 2 aliphatic rings. The van der Waals surface area contributed by atoms with Gasteiger partial charge in [-0.15, -0.1) is 0 Å². The van der Waals surface area contributed by atoms with E-state index >= 15 is 0 Å². The molecule has 2 N–H and O–H groups in total. The van der Waals surface area contributed by atoms with Crippen LogP contribution in [0.3, 0.4) is 0 Å². The molecule has 0 amide bonds. The fourth-order valence-corrected chi connectivity index (χ4v) is 4.32. The van der Waals surface area contributed by atoms with Gasteiger partial charge in [-0.25, -0.2) is 9.37 Å². The highest BCUT2D eigenvalue weighted by molar-refractivity contribution is 5.78. The summed E-state index contributed by atoms with van der Waals surface area (Å²) in [6, 6.07) is 6.08. The van der Waals surface area contributed by atoms with Crippen molar-refractivity contribution in [1.29, 1.82) is 0 Å². The van der Waals surface area contributed by atoms with Crippen LogP contribution < -0.4 is 15.8 Å². The van der Waals surface area contributed by atoms with Crippen LogP contribution in [0.4, 0.5) is 16.2 Å². The lowest BCUT2D eigenvalue weighted by Gasteiger charge is -2.33. The molecule has 1 aromatic carbocycles. The average Bonchev–Trinajstić information content (AvgIpc) is 3.26. The molecule has 0 saturated carbocycles. The molecule has 4 heterocycles. The Balaban J connectivity index is 1.36. The molecular formula is C23H27FN6O3. The molecule has 3 aromatic rings. The van der Waals surface area contributed by atoms with E-state index in [0.717, 1.165) is 42.2 Å². The summed E-state index contributed by atoms with van der Waals surface area (Å²) < 4.78 is 25.0. The first-order chi connectivity index (χ1) is 16.0. The molecule has 1 saturated heterocycles. The van der Waals surface area contributed by atoms with E-state index in [1.165, 1.54) is 12.1 Å². The van der Waals surface area contributed by atoms with E-state index < -0.39 is 0 Å². The SMILES string of the molecule is CN1CCOC(CN(C)c2nc(NCc3cc4ccc(F)cc4[nH]c3=O)nc3c2COC3)C1. The molecule has 0 radical (unpaired) electrons. The van der Waals surface area contributed by atoms with Crippen LogP contribution in [0, 0.1) is 5.82 Å². The summed E-state index contributed by atoms with van der Waals surface area (Å²) in [5.41, 5.74) is 2.54. The maximum Gasteiger partial charge on any atom is 0.253 e. The average molecular weight is 455 g/mol. The molecule has 0 spiro atoms. The lowest BCUT2D eigenvalue weighted by Crippen LogP contribution is -2.45. The largest absolute Gasteiger partial charge is 0.374 e. The predicted octanol–water partition coefficient (Wildman–Crippen LogP) is 1.87. The zero-order valence-corrected chi connectivity index (χ0v) is 18.7. The maximum atomic E-state index is 13.4. The monoisotopic (exact) mass is 454 g/mol. The van der Waals surface area contributed by atoms with Crippen molar-refractivity contribution >= 4 is 22.7 Å². The van der Waals surface area contributed by atoms with Gasteiger partial charge in [-0.1, -0.05) is 0 Å². The number of nitrogens with zero attached hydrogens (tertiary/aromatic N) is 4. The van der Waals surface area contributed by atoms with Crippen LogP contribution in [0.15, 0.2) is 29.1 Å². The van der Waals surface area contributed by atoms with Gasteiger partial charge in [-0.3, -0.25) is 4.79 Å². The number of hydrogen-bond donors (Lipinski definition) is 2. The summed E-state index contributed by atoms with van der Waals surface area (Å²) in [6.45, 7) is 4.37. The van der Waals surface area contributed by atoms with Gasteiger partial charge in [0, 0.05) is 44.4 Å². The first-order valence-corrected chi connectivity index (χ1v) is 11.0. The summed E-state index contributed by atoms with van der Waals surface area (Å²) in [6.07, 6.45) is 0.0964. The minimum atomic E-state index is -0.389. The van der Waals surface area contributed by atoms with Crippen molar-refractivity contribution in [3.05, 3.63) is 57.3 Å². The van der Waals surface area contributed by atoms with Gasteiger partial charge in [-0.05, 0) is 36.7 Å². The van der Waals surface area contributed by atoms with Gasteiger partial charge < -0.3 is 29.6 Å². The number of anilines is 2. The van der Waals surface area contributed by atoms with Crippen LogP contribution >= 0.6 is 0 Å². The Morgan fingerprint density at radius 2 is 2.18 bits per heavy atom. The number of pyridine rings is 1. The predicted molar refractivity (Wildman–Crippen MR) is 123 cm³/mol. The van der Waals surface area contributed by atoms with Crippen molar-refractivity contribution < 1.29 is 13.9 Å². The normalized spacial score (nSPS) is 18.5. The van der Waals surface area contributed by atoms with Gasteiger partial charge in [-0.2, -0.15) is 4.98 Å². The summed E-state index contributed by atoms with van der Waals surface area (Å²) >= 11 is 0. The van der Waals surface area contributed by atoms with E-state index in [1.54, 1.807) is 12.1 Å². The summed E-state index contributed by atoms with van der Waals surface area (Å²) in [5, 5.41) is 3.93. The molecular weight excluding hydrogens is 427 g/mol. The molecule has 2 aromatic heterocycles. The molecule has 5 rings (SSSR count). The molecule has 0 bridgehead atoms. The third-order valence-corrected chi connectivity index (χ3v) is 6.06. The fourth-order valence-electron chi connectivity index (χ4n) is 4.32. The number of H-pyrrole nitrogens is 1. The lowest BCUT2D eigenvalue weighted by atomic mass is 10.1. The van der Waals surface area contributed by atoms with Crippen LogP contribution in [-0.4, -0.2) is 66.3 Å². The first-order valence-electron chi connectivity index (χ1n) is 11.0. The number of rotatable bonds is 6. The molecule has 9 nitrogen and oxygen atoms in total. The number of halogens is 1. The Hall–Kier alpha value is -3.08. The van der Waals surface area contributed by atoms with E-state index in [9.17, 15) is 9.18 Å². The first kappa shape index (κ1) is 21.7. The van der Waals surface area contributed by atoms with E-state index in [4.69, 9.17) is 14.5 Å². The van der Waals surface area contributed by atoms with Gasteiger partial charge in [0.15, 0.2) is 0 Å². The summed E-state index contributed by atoms with van der Waals surface area (Å²) in [7, 11) is 4.09. The standard InChI is InChI=1S/C23H27FN6O3/c1-29-5-6-33-17(10-29)11-30(2)21-18-12-32-13-20(18)27-23(28-21)25-9-15-7-14-3-4-16(24)8-19(14)26-22(15)31/h3-4,7-8,17H,5-6,9-13H2,1-2H3,(H,26,31)(H,25,27,28). The Morgan fingerprint density at radius 1 is 1.30 bits per heavy atom. The van der Waals surface area contributed by atoms with Crippen LogP contribution in [-0.2, 0) is 29.2 Å². The fraction of sp³-hybridized carbons (Fsp3) is 0.435. The highest BCUT2D eigenvalue weighted by Gasteiger charge is 2.25. The molecule has 1 fully saturated rings. The van der Waals surface area contributed by atoms with Crippen LogP contribution in [0.5, 0.6) is 0 Å². The number of aromatic nitrogens is 3. The van der Waals surface area contributed by atoms with Crippen molar-refractivity contribution in [3.63, 3.8) is 0 Å². The third-order valence-electron chi connectivity index (χ3n) is 6.06. The van der Waals surface area contributed by atoms with E-state index in [2.05, 4.69) is 32.1 Å². The minimum absolute atomic E-state index is 0.0964. The topological polar surface area (TPSA) is 95.6 Å². The van der Waals surface area contributed by atoms with Crippen LogP contribution in [0.1, 0.15) is 16.8 Å².